The molecule has 0 radical (unpaired) electrons. The molecule has 0 saturated carbocycles. The first-order valence-electron chi connectivity index (χ1n) is 14.5. The van der Waals surface area contributed by atoms with Crippen molar-refractivity contribution in [1.29, 1.82) is 0 Å². The molecule has 6 aromatic carbocycles. The molecule has 2 nitrogen and oxygen atoms in total. The fourth-order valence-corrected chi connectivity index (χ4v) is 6.34. The number of rotatable bonds is 5. The van der Waals surface area contributed by atoms with Crippen molar-refractivity contribution in [3.8, 4) is 28.0 Å². The number of aromatic hydroxyl groups is 1. The van der Waals surface area contributed by atoms with Crippen LogP contribution in [0.5, 0.6) is 5.75 Å². The summed E-state index contributed by atoms with van der Waals surface area (Å²) in [5.41, 5.74) is 7.48. The lowest BCUT2D eigenvalue weighted by Gasteiger charge is -2.19. The van der Waals surface area contributed by atoms with E-state index in [0.29, 0.717) is 6.42 Å². The lowest BCUT2D eigenvalue weighted by Crippen LogP contribution is -1.93. The first kappa shape index (κ1) is 26.3. The second-order valence-corrected chi connectivity index (χ2v) is 10.9. The van der Waals surface area contributed by atoms with Gasteiger partial charge >= 0.3 is 0 Å². The van der Waals surface area contributed by atoms with Crippen LogP contribution >= 0.6 is 0 Å². The van der Waals surface area contributed by atoms with Crippen molar-refractivity contribution in [2.75, 3.05) is 0 Å². The van der Waals surface area contributed by atoms with E-state index in [9.17, 15) is 10.2 Å². The van der Waals surface area contributed by atoms with Gasteiger partial charge in [0.2, 0.25) is 0 Å². The molecule has 0 spiro atoms. The van der Waals surface area contributed by atoms with Crippen molar-refractivity contribution in [2.45, 2.75) is 6.42 Å². The summed E-state index contributed by atoms with van der Waals surface area (Å²) in [5.74, 6) is 0.401. The van der Waals surface area contributed by atoms with Gasteiger partial charge in [-0.25, -0.2) is 0 Å². The van der Waals surface area contributed by atoms with Crippen molar-refractivity contribution in [2.24, 2.45) is 0 Å². The minimum atomic E-state index is 0.178. The zero-order valence-electron chi connectivity index (χ0n) is 23.7. The van der Waals surface area contributed by atoms with Crippen LogP contribution in [0.3, 0.4) is 0 Å². The highest BCUT2D eigenvalue weighted by Gasteiger charge is 2.19. The number of allylic oxidation sites excluding steroid dienone is 8. The van der Waals surface area contributed by atoms with E-state index in [2.05, 4.69) is 110 Å². The van der Waals surface area contributed by atoms with Gasteiger partial charge in [0.25, 0.3) is 0 Å². The van der Waals surface area contributed by atoms with E-state index >= 15 is 0 Å². The summed E-state index contributed by atoms with van der Waals surface area (Å²) in [5, 5.41) is 28.1. The van der Waals surface area contributed by atoms with Crippen LogP contribution in [0.25, 0.3) is 60.1 Å². The van der Waals surface area contributed by atoms with Crippen LogP contribution in [0.4, 0.5) is 0 Å². The van der Waals surface area contributed by atoms with Gasteiger partial charge < -0.3 is 10.2 Å². The largest absolute Gasteiger partial charge is 0.508 e. The van der Waals surface area contributed by atoms with Crippen LogP contribution in [0.2, 0.25) is 0 Å². The van der Waals surface area contributed by atoms with E-state index in [0.717, 1.165) is 38.6 Å². The summed E-state index contributed by atoms with van der Waals surface area (Å²) in [6.07, 6.45) is 11.7. The topological polar surface area (TPSA) is 40.5 Å². The van der Waals surface area contributed by atoms with Crippen molar-refractivity contribution >= 4 is 37.9 Å². The Labute approximate surface area is 251 Å². The molecule has 1 aliphatic rings. The Kier molecular flexibility index (Phi) is 6.73. The molecule has 206 valence electrons. The Bertz CT molecular complexity index is 2130. The van der Waals surface area contributed by atoms with Crippen LogP contribution in [-0.2, 0) is 0 Å². The van der Waals surface area contributed by atoms with E-state index in [4.69, 9.17) is 0 Å². The van der Waals surface area contributed by atoms with Crippen molar-refractivity contribution < 1.29 is 10.2 Å². The molecule has 0 bridgehead atoms. The smallest absolute Gasteiger partial charge is 0.116 e. The third-order valence-electron chi connectivity index (χ3n) is 8.19. The van der Waals surface area contributed by atoms with Gasteiger partial charge in [0.05, 0.1) is 0 Å². The lowest BCUT2D eigenvalue weighted by molar-refractivity contribution is 0.432. The third kappa shape index (κ3) is 4.83. The Morgan fingerprint density at radius 2 is 1.26 bits per heavy atom. The number of phenolic OH excluding ortho intramolecular Hbond substituents is 1. The molecule has 0 atom stereocenters. The van der Waals surface area contributed by atoms with Gasteiger partial charge in [-0.2, -0.15) is 0 Å². The van der Waals surface area contributed by atoms with Crippen LogP contribution in [0.1, 0.15) is 12.0 Å². The highest BCUT2D eigenvalue weighted by molar-refractivity contribution is 6.23. The average molecular weight is 555 g/mol. The quantitative estimate of drug-likeness (QED) is 0.126. The molecule has 0 aliphatic heterocycles. The number of aliphatic hydroxyl groups is 1. The Hall–Kier alpha value is -5.60. The van der Waals surface area contributed by atoms with E-state index in [1.165, 1.54) is 32.7 Å². The minimum absolute atomic E-state index is 0.178. The van der Waals surface area contributed by atoms with E-state index in [1.54, 1.807) is 18.2 Å². The molecule has 43 heavy (non-hydrogen) atoms. The molecular formula is C41H30O2. The fraction of sp³-hybridized carbons (Fsp3) is 0.0244. The average Bonchev–Trinajstić information content (AvgIpc) is 3.03. The highest BCUT2D eigenvalue weighted by atomic mass is 16.3. The van der Waals surface area contributed by atoms with Crippen LogP contribution in [-0.4, -0.2) is 10.2 Å². The summed E-state index contributed by atoms with van der Waals surface area (Å²) in [7, 11) is 0. The van der Waals surface area contributed by atoms with Gasteiger partial charge in [-0.15, -0.1) is 0 Å². The monoisotopic (exact) mass is 554 g/mol. The number of benzene rings is 6. The number of hydrogen-bond donors (Lipinski definition) is 2. The summed E-state index contributed by atoms with van der Waals surface area (Å²) >= 11 is 0. The first-order valence-corrected chi connectivity index (χ1v) is 14.5. The predicted molar refractivity (Wildman–Crippen MR) is 182 cm³/mol. The fourth-order valence-electron chi connectivity index (χ4n) is 6.34. The number of fused-ring (bicyclic) bond motifs is 3. The van der Waals surface area contributed by atoms with E-state index in [1.807, 2.05) is 24.3 Å². The molecular weight excluding hydrogens is 524 g/mol. The Morgan fingerprint density at radius 1 is 0.651 bits per heavy atom. The van der Waals surface area contributed by atoms with Crippen LogP contribution in [0.15, 0.2) is 164 Å². The minimum Gasteiger partial charge on any atom is -0.508 e. The van der Waals surface area contributed by atoms with Gasteiger partial charge in [0, 0.05) is 0 Å². The normalized spacial score (nSPS) is 14.5. The van der Waals surface area contributed by atoms with Gasteiger partial charge in [0.1, 0.15) is 11.5 Å². The highest BCUT2D eigenvalue weighted by Crippen LogP contribution is 2.46. The summed E-state index contributed by atoms with van der Waals surface area (Å²) in [6.45, 7) is 3.64. The molecule has 1 aliphatic carbocycles. The zero-order chi connectivity index (χ0) is 29.3. The Morgan fingerprint density at radius 3 is 1.91 bits per heavy atom. The SMILES string of the molecule is C=C/C=C(O)\C=C1\C=CC(c2cc(O)cc(-c3c4ccccc4c(-c4cccc5ccccc45)c4ccccc34)c2)=CC1. The van der Waals surface area contributed by atoms with Gasteiger partial charge in [-0.3, -0.25) is 0 Å². The molecule has 0 amide bonds. The third-order valence-corrected chi connectivity index (χ3v) is 8.19. The van der Waals surface area contributed by atoms with Gasteiger partial charge in [-0.05, 0) is 108 Å². The van der Waals surface area contributed by atoms with Crippen molar-refractivity contribution in [3.05, 3.63) is 169 Å². The molecule has 0 saturated heterocycles. The van der Waals surface area contributed by atoms with Crippen LogP contribution < -0.4 is 0 Å². The van der Waals surface area contributed by atoms with Crippen molar-refractivity contribution in [3.63, 3.8) is 0 Å². The zero-order valence-corrected chi connectivity index (χ0v) is 23.7. The molecule has 6 aromatic rings. The van der Waals surface area contributed by atoms with E-state index < -0.39 is 0 Å². The molecule has 0 unspecified atom stereocenters. The number of hydrogen-bond acceptors (Lipinski definition) is 2. The molecule has 0 heterocycles. The standard InChI is InChI=1S/C41H30O2/c1-2-10-32(42)23-27-19-21-28(22-20-27)30-24-31(26-33(43)25-30)40-36-14-5-7-16-38(36)41(39-17-8-6-15-37(39)40)35-18-9-12-29-11-3-4-13-34(29)35/h2-19,21-26,42-43H,1,20H2/b27-23-,32-10+. The van der Waals surface area contributed by atoms with E-state index in [-0.39, 0.29) is 11.5 Å². The van der Waals surface area contributed by atoms with Gasteiger partial charge in [-0.1, -0.05) is 122 Å². The van der Waals surface area contributed by atoms with Gasteiger partial charge in [0.15, 0.2) is 0 Å². The molecule has 0 fully saturated rings. The molecule has 0 aromatic heterocycles. The maximum atomic E-state index is 11.0. The lowest BCUT2D eigenvalue weighted by atomic mass is 9.84. The molecule has 7 rings (SSSR count). The second-order valence-electron chi connectivity index (χ2n) is 10.9. The number of phenols is 1. The predicted octanol–water partition coefficient (Wildman–Crippen LogP) is 11.1. The van der Waals surface area contributed by atoms with Crippen LogP contribution in [0, 0.1) is 0 Å². The second kappa shape index (κ2) is 11.0. The Balaban J connectivity index is 1.44. The molecule has 2 heteroatoms. The first-order chi connectivity index (χ1) is 21.1. The summed E-state index contributed by atoms with van der Waals surface area (Å²) in [4.78, 5) is 0. The molecule has 2 N–H and O–H groups in total. The summed E-state index contributed by atoms with van der Waals surface area (Å²) in [6, 6.07) is 38.1. The number of aliphatic hydroxyl groups excluding tert-OH is 1. The maximum Gasteiger partial charge on any atom is 0.116 e. The van der Waals surface area contributed by atoms with Crippen molar-refractivity contribution in [1.82, 2.24) is 0 Å². The summed E-state index contributed by atoms with van der Waals surface area (Å²) < 4.78 is 0. The maximum absolute atomic E-state index is 11.0.